The van der Waals surface area contributed by atoms with Crippen LogP contribution < -0.4 is 0 Å². The van der Waals surface area contributed by atoms with Crippen LogP contribution in [0.2, 0.25) is 0 Å². The Kier molecular flexibility index (Phi) is 3.05. The van der Waals surface area contributed by atoms with Gasteiger partial charge in [-0.3, -0.25) is 4.79 Å². The molecule has 0 bridgehead atoms. The summed E-state index contributed by atoms with van der Waals surface area (Å²) >= 11 is 0. The molecule has 86 valence electrons. The van der Waals surface area contributed by atoms with Crippen molar-refractivity contribution in [3.63, 3.8) is 0 Å². The summed E-state index contributed by atoms with van der Waals surface area (Å²) in [5, 5.41) is 0. The summed E-state index contributed by atoms with van der Waals surface area (Å²) in [4.78, 5) is 11.4. The third-order valence-electron chi connectivity index (χ3n) is 2.78. The van der Waals surface area contributed by atoms with Gasteiger partial charge in [0.1, 0.15) is 5.82 Å². The minimum atomic E-state index is -0.293. The standard InChI is InChI=1S/C15H13FO/c1-10-8-15(16)14(9-13(10)11(2)17)12-6-4-3-5-7-12/h3-9H,1-2H3. The van der Waals surface area contributed by atoms with Crippen LogP contribution in [0.15, 0.2) is 42.5 Å². The first-order chi connectivity index (χ1) is 8.09. The Balaban J connectivity index is 2.63. The first kappa shape index (κ1) is 11.5. The quantitative estimate of drug-likeness (QED) is 0.710. The molecule has 0 saturated heterocycles. The number of Topliss-reactive ketones (excluding diaryl/α,β-unsaturated/α-hetero) is 1. The topological polar surface area (TPSA) is 17.1 Å². The Bertz CT molecular complexity index is 559. The first-order valence-corrected chi connectivity index (χ1v) is 5.46. The Hall–Kier alpha value is -1.96. The molecule has 2 aromatic carbocycles. The molecule has 0 aliphatic heterocycles. The van der Waals surface area contributed by atoms with Crippen molar-refractivity contribution in [2.24, 2.45) is 0 Å². The maximum absolute atomic E-state index is 13.9. The molecule has 1 nitrogen and oxygen atoms in total. The minimum Gasteiger partial charge on any atom is -0.295 e. The summed E-state index contributed by atoms with van der Waals surface area (Å²) in [6.45, 7) is 3.24. The van der Waals surface area contributed by atoms with Gasteiger partial charge in [0, 0.05) is 11.1 Å². The third-order valence-corrected chi connectivity index (χ3v) is 2.78. The Morgan fingerprint density at radius 1 is 1.12 bits per heavy atom. The number of hydrogen-bond donors (Lipinski definition) is 0. The average Bonchev–Trinajstić information content (AvgIpc) is 2.29. The molecule has 0 saturated carbocycles. The van der Waals surface area contributed by atoms with E-state index < -0.39 is 0 Å². The van der Waals surface area contributed by atoms with Gasteiger partial charge in [-0.25, -0.2) is 4.39 Å². The zero-order valence-electron chi connectivity index (χ0n) is 9.83. The number of benzene rings is 2. The van der Waals surface area contributed by atoms with Gasteiger partial charge in [-0.15, -0.1) is 0 Å². The number of rotatable bonds is 2. The number of carbonyl (C=O) groups is 1. The van der Waals surface area contributed by atoms with Gasteiger partial charge in [0.25, 0.3) is 0 Å². The van der Waals surface area contributed by atoms with Gasteiger partial charge in [-0.2, -0.15) is 0 Å². The Labute approximate surface area is 99.9 Å². The second-order valence-corrected chi connectivity index (χ2v) is 4.07. The zero-order valence-corrected chi connectivity index (χ0v) is 9.83. The predicted molar refractivity (Wildman–Crippen MR) is 66.6 cm³/mol. The van der Waals surface area contributed by atoms with Gasteiger partial charge >= 0.3 is 0 Å². The molecule has 0 aliphatic rings. The molecular formula is C15H13FO. The van der Waals surface area contributed by atoms with Crippen LogP contribution in [-0.2, 0) is 0 Å². The maximum Gasteiger partial charge on any atom is 0.160 e. The molecule has 0 heterocycles. The van der Waals surface area contributed by atoms with E-state index in [1.165, 1.54) is 13.0 Å². The van der Waals surface area contributed by atoms with Crippen LogP contribution >= 0.6 is 0 Å². The van der Waals surface area contributed by atoms with Gasteiger partial charge in [0.2, 0.25) is 0 Å². The molecule has 0 fully saturated rings. The summed E-state index contributed by atoms with van der Waals surface area (Å²) in [5.41, 5.74) is 2.51. The molecule has 17 heavy (non-hydrogen) atoms. The monoisotopic (exact) mass is 228 g/mol. The molecule has 0 radical (unpaired) electrons. The Morgan fingerprint density at radius 2 is 1.76 bits per heavy atom. The molecule has 2 rings (SSSR count). The first-order valence-electron chi connectivity index (χ1n) is 5.46. The van der Waals surface area contributed by atoms with Gasteiger partial charge in [-0.05, 0) is 37.1 Å². The van der Waals surface area contributed by atoms with E-state index in [0.29, 0.717) is 16.7 Å². The zero-order chi connectivity index (χ0) is 12.4. The van der Waals surface area contributed by atoms with E-state index >= 15 is 0 Å². The van der Waals surface area contributed by atoms with Crippen LogP contribution in [0.5, 0.6) is 0 Å². The second kappa shape index (κ2) is 4.50. The van der Waals surface area contributed by atoms with E-state index in [9.17, 15) is 9.18 Å². The highest BCUT2D eigenvalue weighted by molar-refractivity contribution is 5.96. The number of carbonyl (C=O) groups excluding carboxylic acids is 1. The molecule has 2 heteroatoms. The lowest BCUT2D eigenvalue weighted by molar-refractivity contribution is 0.101. The van der Waals surface area contributed by atoms with Gasteiger partial charge < -0.3 is 0 Å². The van der Waals surface area contributed by atoms with Crippen LogP contribution in [0.3, 0.4) is 0 Å². The normalized spacial score (nSPS) is 10.3. The molecule has 0 spiro atoms. The third kappa shape index (κ3) is 2.26. The SMILES string of the molecule is CC(=O)c1cc(-c2ccccc2)c(F)cc1C. The molecule has 0 unspecified atom stereocenters. The molecule has 0 atom stereocenters. The van der Waals surface area contributed by atoms with Crippen LogP contribution in [-0.4, -0.2) is 5.78 Å². The molecule has 0 amide bonds. The van der Waals surface area contributed by atoms with Crippen molar-refractivity contribution in [3.8, 4) is 11.1 Å². The summed E-state index contributed by atoms with van der Waals surface area (Å²) in [6.07, 6.45) is 0. The molecule has 0 aromatic heterocycles. The fourth-order valence-electron chi connectivity index (χ4n) is 1.89. The lowest BCUT2D eigenvalue weighted by Crippen LogP contribution is -1.98. The maximum atomic E-state index is 13.9. The highest BCUT2D eigenvalue weighted by Gasteiger charge is 2.11. The van der Waals surface area contributed by atoms with Gasteiger partial charge in [0.15, 0.2) is 5.78 Å². The van der Waals surface area contributed by atoms with Crippen LogP contribution in [0.4, 0.5) is 4.39 Å². The van der Waals surface area contributed by atoms with E-state index in [2.05, 4.69) is 0 Å². The lowest BCUT2D eigenvalue weighted by Gasteiger charge is -2.08. The van der Waals surface area contributed by atoms with E-state index in [0.717, 1.165) is 5.56 Å². The molecular weight excluding hydrogens is 215 g/mol. The van der Waals surface area contributed by atoms with E-state index in [-0.39, 0.29) is 11.6 Å². The fourth-order valence-corrected chi connectivity index (χ4v) is 1.89. The Morgan fingerprint density at radius 3 is 2.35 bits per heavy atom. The summed E-state index contributed by atoms with van der Waals surface area (Å²) < 4.78 is 13.9. The fraction of sp³-hybridized carbons (Fsp3) is 0.133. The van der Waals surface area contributed by atoms with Gasteiger partial charge in [0.05, 0.1) is 0 Å². The van der Waals surface area contributed by atoms with Crippen LogP contribution in [0.25, 0.3) is 11.1 Å². The van der Waals surface area contributed by atoms with Crippen LogP contribution in [0.1, 0.15) is 22.8 Å². The van der Waals surface area contributed by atoms with Gasteiger partial charge in [-0.1, -0.05) is 30.3 Å². The smallest absolute Gasteiger partial charge is 0.160 e. The lowest BCUT2D eigenvalue weighted by atomic mass is 9.97. The largest absolute Gasteiger partial charge is 0.295 e. The predicted octanol–water partition coefficient (Wildman–Crippen LogP) is 4.00. The average molecular weight is 228 g/mol. The van der Waals surface area contributed by atoms with Crippen molar-refractivity contribution < 1.29 is 9.18 Å². The molecule has 0 N–H and O–H groups in total. The molecule has 0 aliphatic carbocycles. The second-order valence-electron chi connectivity index (χ2n) is 4.07. The van der Waals surface area contributed by atoms with Crippen molar-refractivity contribution in [2.75, 3.05) is 0 Å². The van der Waals surface area contributed by atoms with E-state index in [1.54, 1.807) is 13.0 Å². The molecule has 2 aromatic rings. The highest BCUT2D eigenvalue weighted by atomic mass is 19.1. The summed E-state index contributed by atoms with van der Waals surface area (Å²) in [5.74, 6) is -0.335. The van der Waals surface area contributed by atoms with Crippen molar-refractivity contribution in [2.45, 2.75) is 13.8 Å². The number of hydrogen-bond acceptors (Lipinski definition) is 1. The van der Waals surface area contributed by atoms with Crippen molar-refractivity contribution in [3.05, 3.63) is 59.4 Å². The number of ketones is 1. The number of halogens is 1. The van der Waals surface area contributed by atoms with Crippen molar-refractivity contribution in [1.29, 1.82) is 0 Å². The summed E-state index contributed by atoms with van der Waals surface area (Å²) in [6, 6.07) is 12.3. The van der Waals surface area contributed by atoms with E-state index in [1.807, 2.05) is 30.3 Å². The minimum absolute atomic E-state index is 0.0420. The highest BCUT2D eigenvalue weighted by Crippen LogP contribution is 2.26. The van der Waals surface area contributed by atoms with Crippen molar-refractivity contribution >= 4 is 5.78 Å². The van der Waals surface area contributed by atoms with Crippen molar-refractivity contribution in [1.82, 2.24) is 0 Å². The summed E-state index contributed by atoms with van der Waals surface area (Å²) in [7, 11) is 0. The van der Waals surface area contributed by atoms with Crippen LogP contribution in [0, 0.1) is 12.7 Å². The number of aryl methyl sites for hydroxylation is 1. The van der Waals surface area contributed by atoms with E-state index in [4.69, 9.17) is 0 Å².